The summed E-state index contributed by atoms with van der Waals surface area (Å²) in [5, 5.41) is 54.2. The Morgan fingerprint density at radius 2 is 0.910 bits per heavy atom. The van der Waals surface area contributed by atoms with Crippen LogP contribution in [0.5, 0.6) is 0 Å². The number of allylic oxidation sites excluding steroid dienone is 9. The lowest BCUT2D eigenvalue weighted by Gasteiger charge is -2.40. The maximum Gasteiger partial charge on any atom is 0.305 e. The van der Waals surface area contributed by atoms with E-state index < -0.39 is 49.5 Å². The van der Waals surface area contributed by atoms with Gasteiger partial charge in [-0.1, -0.05) is 254 Å². The Morgan fingerprint density at radius 3 is 1.40 bits per heavy atom. The van der Waals surface area contributed by atoms with Crippen molar-refractivity contribution >= 4 is 11.9 Å². The largest absolute Gasteiger partial charge is 0.466 e. The van der Waals surface area contributed by atoms with Gasteiger partial charge >= 0.3 is 5.97 Å². The van der Waals surface area contributed by atoms with E-state index in [2.05, 4.69) is 67.8 Å². The van der Waals surface area contributed by atoms with Crippen LogP contribution in [-0.2, 0) is 23.8 Å². The second-order valence-corrected chi connectivity index (χ2v) is 22.4. The topological polar surface area (TPSA) is 175 Å². The van der Waals surface area contributed by atoms with E-state index in [1.165, 1.54) is 186 Å². The molecule has 7 atom stereocenters. The van der Waals surface area contributed by atoms with Crippen molar-refractivity contribution in [2.75, 3.05) is 19.8 Å². The quantitative estimate of drug-likeness (QED) is 0.0195. The highest BCUT2D eigenvalue weighted by Crippen LogP contribution is 2.23. The van der Waals surface area contributed by atoms with Gasteiger partial charge in [-0.2, -0.15) is 0 Å². The van der Waals surface area contributed by atoms with Crippen molar-refractivity contribution in [2.45, 2.75) is 333 Å². The van der Waals surface area contributed by atoms with E-state index in [1.54, 1.807) is 6.08 Å². The van der Waals surface area contributed by atoms with Crippen LogP contribution in [-0.4, -0.2) is 100 Å². The van der Waals surface area contributed by atoms with E-state index in [1.807, 2.05) is 6.08 Å². The third-order valence-electron chi connectivity index (χ3n) is 15.1. The van der Waals surface area contributed by atoms with Gasteiger partial charge in [0, 0.05) is 12.8 Å². The van der Waals surface area contributed by atoms with Crippen LogP contribution in [0, 0.1) is 0 Å². The van der Waals surface area contributed by atoms with Crippen LogP contribution >= 0.6 is 0 Å². The molecule has 1 amide bonds. The molecule has 78 heavy (non-hydrogen) atoms. The van der Waals surface area contributed by atoms with Gasteiger partial charge in [0.25, 0.3) is 0 Å². The molecular weight excluding hydrogens is 979 g/mol. The van der Waals surface area contributed by atoms with E-state index in [0.29, 0.717) is 19.4 Å². The van der Waals surface area contributed by atoms with Crippen LogP contribution in [0.3, 0.4) is 0 Å². The highest BCUT2D eigenvalue weighted by molar-refractivity contribution is 5.76. The number of rotatable bonds is 56. The number of amides is 1. The minimum absolute atomic E-state index is 0.00198. The molecule has 1 saturated heterocycles. The summed E-state index contributed by atoms with van der Waals surface area (Å²) in [6, 6.07) is -0.835. The first-order valence-electron chi connectivity index (χ1n) is 32.6. The lowest BCUT2D eigenvalue weighted by molar-refractivity contribution is -0.302. The minimum atomic E-state index is -1.58. The van der Waals surface area contributed by atoms with Gasteiger partial charge in [-0.15, -0.1) is 0 Å². The third-order valence-corrected chi connectivity index (χ3v) is 15.1. The van der Waals surface area contributed by atoms with E-state index in [0.717, 1.165) is 77.0 Å². The van der Waals surface area contributed by atoms with Gasteiger partial charge < -0.3 is 45.1 Å². The number of hydrogen-bond acceptors (Lipinski definition) is 10. The van der Waals surface area contributed by atoms with Gasteiger partial charge in [-0.05, 0) is 83.5 Å². The number of nitrogens with one attached hydrogen (secondary N) is 1. The van der Waals surface area contributed by atoms with Crippen molar-refractivity contribution in [3.05, 3.63) is 60.8 Å². The number of carbonyl (C=O) groups excluding carboxylic acids is 2. The predicted molar refractivity (Wildman–Crippen MR) is 324 cm³/mol. The van der Waals surface area contributed by atoms with Gasteiger partial charge in [0.05, 0.1) is 32.0 Å². The van der Waals surface area contributed by atoms with E-state index in [9.17, 15) is 35.1 Å². The van der Waals surface area contributed by atoms with Crippen molar-refractivity contribution in [3.63, 3.8) is 0 Å². The molecule has 1 fully saturated rings. The molecular formula is C67H121NO10. The summed E-state index contributed by atoms with van der Waals surface area (Å²) in [5.41, 5.74) is 0. The van der Waals surface area contributed by atoms with Crippen LogP contribution in [0.15, 0.2) is 60.8 Å². The maximum absolute atomic E-state index is 13.0. The molecule has 0 aliphatic carbocycles. The molecule has 7 unspecified atom stereocenters. The molecule has 11 heteroatoms. The van der Waals surface area contributed by atoms with Crippen molar-refractivity contribution < 1.29 is 49.3 Å². The minimum Gasteiger partial charge on any atom is -0.466 e. The molecule has 6 N–H and O–H groups in total. The summed E-state index contributed by atoms with van der Waals surface area (Å²) in [4.78, 5) is 25.0. The fourth-order valence-corrected chi connectivity index (χ4v) is 9.98. The highest BCUT2D eigenvalue weighted by atomic mass is 16.7. The van der Waals surface area contributed by atoms with Crippen LogP contribution in [0.25, 0.3) is 0 Å². The van der Waals surface area contributed by atoms with Gasteiger partial charge in [0.1, 0.15) is 24.4 Å². The Morgan fingerprint density at radius 1 is 0.487 bits per heavy atom. The molecule has 0 saturated carbocycles. The fourth-order valence-electron chi connectivity index (χ4n) is 9.98. The van der Waals surface area contributed by atoms with Gasteiger partial charge in [-0.3, -0.25) is 9.59 Å². The smallest absolute Gasteiger partial charge is 0.305 e. The number of aliphatic hydroxyl groups excluding tert-OH is 5. The van der Waals surface area contributed by atoms with Crippen LogP contribution in [0.4, 0.5) is 0 Å². The van der Waals surface area contributed by atoms with E-state index >= 15 is 0 Å². The average Bonchev–Trinajstić information content (AvgIpc) is 3.44. The summed E-state index contributed by atoms with van der Waals surface area (Å²) in [7, 11) is 0. The molecule has 1 aliphatic rings. The van der Waals surface area contributed by atoms with Crippen molar-refractivity contribution in [1.82, 2.24) is 5.32 Å². The maximum atomic E-state index is 13.0. The molecule has 1 heterocycles. The van der Waals surface area contributed by atoms with E-state index in [-0.39, 0.29) is 18.5 Å². The molecule has 0 aromatic carbocycles. The summed E-state index contributed by atoms with van der Waals surface area (Å²) in [5.74, 6) is -0.198. The SMILES string of the molecule is CC/C=C/CC/C=C/CC/C=C/C(O)C(COC1OC(CO)C(O)C(O)C1O)NC(=O)CCCCCCCCCCCCCCC/C=C\C/C=C\CCCCCCCCCCCOC(=O)CCCCCCCCCCCCC. The fraction of sp³-hybridized carbons (Fsp3) is 0.821. The highest BCUT2D eigenvalue weighted by Gasteiger charge is 2.44. The molecule has 0 aromatic rings. The first-order chi connectivity index (χ1) is 38.2. The molecule has 454 valence electrons. The summed E-state index contributed by atoms with van der Waals surface area (Å²) >= 11 is 0. The number of hydrogen-bond donors (Lipinski definition) is 6. The van der Waals surface area contributed by atoms with Crippen LogP contribution in [0.1, 0.15) is 290 Å². The van der Waals surface area contributed by atoms with Crippen molar-refractivity contribution in [1.29, 1.82) is 0 Å². The number of esters is 1. The number of unbranched alkanes of at least 4 members (excludes halogenated alkanes) is 34. The van der Waals surface area contributed by atoms with Crippen LogP contribution < -0.4 is 5.32 Å². The van der Waals surface area contributed by atoms with Gasteiger partial charge in [0.15, 0.2) is 6.29 Å². The van der Waals surface area contributed by atoms with E-state index in [4.69, 9.17) is 14.2 Å². The molecule has 1 rings (SSSR count). The Hall–Kier alpha value is -2.64. The average molecular weight is 1100 g/mol. The Labute approximate surface area is 478 Å². The van der Waals surface area contributed by atoms with Crippen molar-refractivity contribution in [2.24, 2.45) is 0 Å². The number of aliphatic hydroxyl groups is 5. The lowest BCUT2D eigenvalue weighted by atomic mass is 9.99. The summed E-state index contributed by atoms with van der Waals surface area (Å²) in [6.45, 7) is 4.20. The number of carbonyl (C=O) groups is 2. The van der Waals surface area contributed by atoms with Gasteiger partial charge in [-0.25, -0.2) is 0 Å². The summed E-state index contributed by atoms with van der Waals surface area (Å²) < 4.78 is 16.7. The summed E-state index contributed by atoms with van der Waals surface area (Å²) in [6.07, 6.45) is 63.6. The monoisotopic (exact) mass is 1100 g/mol. The second-order valence-electron chi connectivity index (χ2n) is 22.4. The molecule has 0 bridgehead atoms. The Kier molecular flexibility index (Phi) is 52.9. The molecule has 1 aliphatic heterocycles. The third kappa shape index (κ3) is 45.0. The molecule has 0 radical (unpaired) electrons. The second kappa shape index (κ2) is 56.2. The van der Waals surface area contributed by atoms with Crippen LogP contribution in [0.2, 0.25) is 0 Å². The Bertz CT molecular complexity index is 1480. The molecule has 0 spiro atoms. The molecule has 11 nitrogen and oxygen atoms in total. The number of ether oxygens (including phenoxy) is 3. The van der Waals surface area contributed by atoms with Gasteiger partial charge in [0.2, 0.25) is 5.91 Å². The lowest BCUT2D eigenvalue weighted by Crippen LogP contribution is -2.60. The zero-order valence-electron chi connectivity index (χ0n) is 50.1. The van der Waals surface area contributed by atoms with Crippen molar-refractivity contribution in [3.8, 4) is 0 Å². The predicted octanol–water partition coefficient (Wildman–Crippen LogP) is 15.8. The zero-order chi connectivity index (χ0) is 56.6. The first-order valence-corrected chi connectivity index (χ1v) is 32.6. The zero-order valence-corrected chi connectivity index (χ0v) is 50.1. The standard InChI is InChI=1S/C67H121NO10/c1-3-5-7-9-11-13-34-39-43-47-51-55-63(72)76-56-52-48-44-40-36-33-31-29-27-25-23-21-19-17-15-16-18-20-22-24-26-28-30-32-35-38-42-46-50-54-62(71)68-59(58-77-67-66(75)65(74)64(73)61(57-69)78-67)60(70)53-49-45-41-37-14-12-10-8-6-4-2/h6,8,14-15,17,21,23,37,49,53,59-61,64-67,69-70,73-75H,3-5,7,9-13,16,18-20,22,24-36,38-48,50-52,54-58H2,1-2H3,(H,68,71)/b8-6+,17-15-,23-21-,37-14+,53-49+. The molecule has 0 aromatic heterocycles. The normalized spacial score (nSPS) is 18.9. The Balaban J connectivity index is 1.99. The first kappa shape index (κ1) is 73.4.